The van der Waals surface area contributed by atoms with Crippen LogP contribution < -0.4 is 16.4 Å². The topological polar surface area (TPSA) is 122 Å². The summed E-state index contributed by atoms with van der Waals surface area (Å²) in [4.78, 5) is 34.6. The van der Waals surface area contributed by atoms with Crippen molar-refractivity contribution < 1.29 is 19.5 Å². The lowest BCUT2D eigenvalue weighted by Gasteiger charge is -2.18. The molecule has 25 heavy (non-hydrogen) atoms. The Bertz CT molecular complexity index is 583. The Balaban J connectivity index is 2.56. The number of halogens is 1. The molecule has 1 rings (SSSR count). The summed E-state index contributed by atoms with van der Waals surface area (Å²) in [6.45, 7) is -0.0903. The Morgan fingerprint density at radius 3 is 2.52 bits per heavy atom. The summed E-state index contributed by atoms with van der Waals surface area (Å²) < 4.78 is 0.986. The van der Waals surface area contributed by atoms with Crippen molar-refractivity contribution in [3.63, 3.8) is 0 Å². The third kappa shape index (κ3) is 9.47. The molecule has 0 saturated carbocycles. The zero-order valence-electron chi connectivity index (χ0n) is 13.7. The number of aliphatic carboxylic acids is 1. The summed E-state index contributed by atoms with van der Waals surface area (Å²) in [7, 11) is 0. The summed E-state index contributed by atoms with van der Waals surface area (Å²) in [6.07, 6.45) is 0.762. The molecule has 7 nitrogen and oxygen atoms in total. The number of hydrogen-bond acceptors (Lipinski definition) is 5. The van der Waals surface area contributed by atoms with Gasteiger partial charge in [0.05, 0.1) is 0 Å². The van der Waals surface area contributed by atoms with Crippen molar-refractivity contribution in [1.82, 2.24) is 10.6 Å². The van der Waals surface area contributed by atoms with Gasteiger partial charge in [-0.2, -0.15) is 11.8 Å². The van der Waals surface area contributed by atoms with Gasteiger partial charge in [0, 0.05) is 22.4 Å². The van der Waals surface area contributed by atoms with Gasteiger partial charge in [-0.05, 0) is 30.7 Å². The van der Waals surface area contributed by atoms with Crippen LogP contribution in [0.25, 0.3) is 0 Å². The van der Waals surface area contributed by atoms with Gasteiger partial charge in [-0.25, -0.2) is 0 Å². The number of carboxylic acid groups (broad SMARTS) is 1. The third-order valence-corrected chi connectivity index (χ3v) is 4.78. The molecule has 138 valence electrons. The molecule has 1 atom stereocenters. The van der Waals surface area contributed by atoms with E-state index in [1.807, 2.05) is 24.3 Å². The van der Waals surface area contributed by atoms with Crippen molar-refractivity contribution >= 4 is 45.5 Å². The summed E-state index contributed by atoms with van der Waals surface area (Å²) in [6, 6.07) is 7.01. The quantitative estimate of drug-likeness (QED) is 0.416. The van der Waals surface area contributed by atoms with E-state index < -0.39 is 24.5 Å². The first kappa shape index (κ1) is 21.5. The van der Waals surface area contributed by atoms with E-state index >= 15 is 0 Å². The maximum Gasteiger partial charge on any atom is 0.322 e. The molecule has 0 heterocycles. The second-order valence-electron chi connectivity index (χ2n) is 5.27. The molecule has 0 unspecified atom stereocenters. The predicted octanol–water partition coefficient (Wildman–Crippen LogP) is 1.11. The van der Waals surface area contributed by atoms with Gasteiger partial charge < -0.3 is 21.5 Å². The maximum atomic E-state index is 12.1. The molecule has 0 aromatic heterocycles. The van der Waals surface area contributed by atoms with Gasteiger partial charge in [-0.3, -0.25) is 14.4 Å². The SMILES string of the molecule is NCCCC(=O)N[C@@H](CSCc1ccc(Br)cc1)C(=O)NCC(=O)O. The second-order valence-corrected chi connectivity index (χ2v) is 7.21. The number of carboxylic acids is 1. The molecule has 1 aromatic carbocycles. The smallest absolute Gasteiger partial charge is 0.322 e. The average molecular weight is 432 g/mol. The minimum absolute atomic E-state index is 0.233. The molecule has 0 fully saturated rings. The van der Waals surface area contributed by atoms with E-state index in [2.05, 4.69) is 26.6 Å². The Hall–Kier alpha value is -1.58. The van der Waals surface area contributed by atoms with Gasteiger partial charge in [0.25, 0.3) is 0 Å². The number of nitrogens with two attached hydrogens (primary N) is 1. The fourth-order valence-corrected chi connectivity index (χ4v) is 3.15. The van der Waals surface area contributed by atoms with Crippen LogP contribution in [0.4, 0.5) is 0 Å². The highest BCUT2D eigenvalue weighted by atomic mass is 79.9. The number of nitrogens with one attached hydrogen (secondary N) is 2. The third-order valence-electron chi connectivity index (χ3n) is 3.14. The van der Waals surface area contributed by atoms with Crippen molar-refractivity contribution in [1.29, 1.82) is 0 Å². The lowest BCUT2D eigenvalue weighted by atomic mass is 10.2. The number of carbonyl (C=O) groups is 3. The molecule has 0 aliphatic carbocycles. The zero-order chi connectivity index (χ0) is 18.7. The molecule has 1 aromatic rings. The van der Waals surface area contributed by atoms with Crippen LogP contribution in [-0.4, -0.2) is 47.8 Å². The molecule has 2 amide bonds. The van der Waals surface area contributed by atoms with Gasteiger partial charge in [-0.1, -0.05) is 28.1 Å². The Labute approximate surface area is 159 Å². The normalized spacial score (nSPS) is 11.6. The highest BCUT2D eigenvalue weighted by molar-refractivity contribution is 9.10. The van der Waals surface area contributed by atoms with E-state index in [0.29, 0.717) is 24.5 Å². The van der Waals surface area contributed by atoms with Gasteiger partial charge in [-0.15, -0.1) is 0 Å². The van der Waals surface area contributed by atoms with Gasteiger partial charge >= 0.3 is 5.97 Å². The van der Waals surface area contributed by atoms with Crippen molar-refractivity contribution in [2.75, 3.05) is 18.8 Å². The monoisotopic (exact) mass is 431 g/mol. The molecule has 0 bridgehead atoms. The minimum atomic E-state index is -1.14. The fourth-order valence-electron chi connectivity index (χ4n) is 1.87. The molecule has 0 saturated heterocycles. The van der Waals surface area contributed by atoms with E-state index in [4.69, 9.17) is 10.8 Å². The van der Waals surface area contributed by atoms with Crippen molar-refractivity contribution in [3.8, 4) is 0 Å². The number of carbonyl (C=O) groups excluding carboxylic acids is 2. The standard InChI is InChI=1S/C16H22BrN3O4S/c17-12-5-3-11(4-6-12)9-25-10-13(16(24)19-8-15(22)23)20-14(21)2-1-7-18/h3-6,13H,1-2,7-10,18H2,(H,19,24)(H,20,21)(H,22,23)/t13-/m0/s1. The van der Waals surface area contributed by atoms with Crippen LogP contribution in [0.15, 0.2) is 28.7 Å². The number of benzene rings is 1. The predicted molar refractivity (Wildman–Crippen MR) is 101 cm³/mol. The molecule has 0 spiro atoms. The van der Waals surface area contributed by atoms with Gasteiger partial charge in [0.2, 0.25) is 11.8 Å². The first-order valence-electron chi connectivity index (χ1n) is 7.73. The highest BCUT2D eigenvalue weighted by Crippen LogP contribution is 2.16. The van der Waals surface area contributed by atoms with Crippen molar-refractivity contribution in [2.45, 2.75) is 24.6 Å². The van der Waals surface area contributed by atoms with E-state index in [-0.39, 0.29) is 12.3 Å². The van der Waals surface area contributed by atoms with E-state index in [0.717, 1.165) is 10.0 Å². The fraction of sp³-hybridized carbons (Fsp3) is 0.438. The van der Waals surface area contributed by atoms with Crippen LogP contribution in [0.1, 0.15) is 18.4 Å². The summed E-state index contributed by atoms with van der Waals surface area (Å²) >= 11 is 4.85. The van der Waals surface area contributed by atoms with Crippen LogP contribution in [0.5, 0.6) is 0 Å². The summed E-state index contributed by atoms with van der Waals surface area (Å²) in [5.41, 5.74) is 6.46. The zero-order valence-corrected chi connectivity index (χ0v) is 16.1. The second kappa shape index (κ2) is 11.9. The van der Waals surface area contributed by atoms with E-state index in [1.54, 1.807) is 0 Å². The molecule has 5 N–H and O–H groups in total. The Morgan fingerprint density at radius 2 is 1.92 bits per heavy atom. The number of amides is 2. The van der Waals surface area contributed by atoms with E-state index in [1.165, 1.54) is 11.8 Å². The summed E-state index contributed by atoms with van der Waals surface area (Å²) in [5.74, 6) is -0.897. The van der Waals surface area contributed by atoms with Crippen LogP contribution >= 0.6 is 27.7 Å². The Kier molecular flexibility index (Phi) is 10.2. The van der Waals surface area contributed by atoms with Crippen LogP contribution in [0.2, 0.25) is 0 Å². The van der Waals surface area contributed by atoms with Crippen LogP contribution in [0.3, 0.4) is 0 Å². The molecular formula is C16H22BrN3O4S. The maximum absolute atomic E-state index is 12.1. The highest BCUT2D eigenvalue weighted by Gasteiger charge is 2.21. The summed E-state index contributed by atoms with van der Waals surface area (Å²) in [5, 5.41) is 13.6. The van der Waals surface area contributed by atoms with Crippen molar-refractivity contribution in [2.24, 2.45) is 5.73 Å². The van der Waals surface area contributed by atoms with E-state index in [9.17, 15) is 14.4 Å². The van der Waals surface area contributed by atoms with Gasteiger partial charge in [0.1, 0.15) is 12.6 Å². The van der Waals surface area contributed by atoms with Crippen LogP contribution in [-0.2, 0) is 20.1 Å². The van der Waals surface area contributed by atoms with Crippen molar-refractivity contribution in [3.05, 3.63) is 34.3 Å². The lowest BCUT2D eigenvalue weighted by Crippen LogP contribution is -2.49. The number of thioether (sulfide) groups is 1. The Morgan fingerprint density at radius 1 is 1.24 bits per heavy atom. The molecule has 0 radical (unpaired) electrons. The number of hydrogen-bond donors (Lipinski definition) is 4. The molecule has 9 heteroatoms. The first-order chi connectivity index (χ1) is 11.9. The van der Waals surface area contributed by atoms with Gasteiger partial charge in [0.15, 0.2) is 0 Å². The molecule has 0 aliphatic rings. The lowest BCUT2D eigenvalue weighted by molar-refractivity contribution is -0.138. The molecular weight excluding hydrogens is 410 g/mol. The number of rotatable bonds is 11. The molecule has 0 aliphatic heterocycles. The van der Waals surface area contributed by atoms with Crippen LogP contribution in [0, 0.1) is 0 Å². The largest absolute Gasteiger partial charge is 0.480 e. The minimum Gasteiger partial charge on any atom is -0.480 e. The first-order valence-corrected chi connectivity index (χ1v) is 9.68. The average Bonchev–Trinajstić information content (AvgIpc) is 2.58.